The number of piperazine rings is 1. The summed E-state index contributed by atoms with van der Waals surface area (Å²) in [4.78, 5) is 16.5. The van der Waals surface area contributed by atoms with E-state index in [1.807, 2.05) is 67.6 Å². The van der Waals surface area contributed by atoms with Gasteiger partial charge >= 0.3 is 6.09 Å². The number of ether oxygens (including phenoxy) is 2. The maximum absolute atomic E-state index is 12.3. The largest absolute Gasteiger partial charge is 0.497 e. The van der Waals surface area contributed by atoms with E-state index in [9.17, 15) is 10.0 Å². The smallest absolute Gasteiger partial charge is 0.409 e. The second-order valence-electron chi connectivity index (χ2n) is 8.86. The van der Waals surface area contributed by atoms with Gasteiger partial charge in [0.25, 0.3) is 0 Å². The summed E-state index contributed by atoms with van der Waals surface area (Å²) in [5, 5.41) is 12.4. The summed E-state index contributed by atoms with van der Waals surface area (Å²) >= 11 is 0. The third kappa shape index (κ3) is 4.38. The van der Waals surface area contributed by atoms with E-state index in [2.05, 4.69) is 23.1 Å². The zero-order valence-electron chi connectivity index (χ0n) is 20.6. The topological polar surface area (TPSA) is 67.2 Å². The van der Waals surface area contributed by atoms with Crippen LogP contribution in [-0.2, 0) is 4.74 Å². The number of amides is 1. The monoisotopic (exact) mass is 485 g/mol. The van der Waals surface area contributed by atoms with Crippen LogP contribution in [-0.4, -0.2) is 65.7 Å². The van der Waals surface area contributed by atoms with Gasteiger partial charge < -0.3 is 19.6 Å². The van der Waals surface area contributed by atoms with Gasteiger partial charge in [-0.15, -0.1) is 0 Å². The molecule has 1 N–H and O–H groups in total. The fourth-order valence-electron chi connectivity index (χ4n) is 5.15. The van der Waals surface area contributed by atoms with Gasteiger partial charge in [0.2, 0.25) is 0 Å². The van der Waals surface area contributed by atoms with Crippen molar-refractivity contribution in [1.29, 1.82) is 0 Å². The number of hydrogen-bond acceptors (Lipinski definition) is 5. The van der Waals surface area contributed by atoms with Gasteiger partial charge in [-0.3, -0.25) is 4.90 Å². The number of methoxy groups -OCH3 is 1. The Morgan fingerprint density at radius 2 is 1.67 bits per heavy atom. The van der Waals surface area contributed by atoms with Gasteiger partial charge in [-0.2, -0.15) is 4.73 Å². The molecule has 1 unspecified atom stereocenters. The van der Waals surface area contributed by atoms with Crippen molar-refractivity contribution in [2.24, 2.45) is 0 Å². The average molecular weight is 486 g/mol. The summed E-state index contributed by atoms with van der Waals surface area (Å²) in [6.07, 6.45) is -0.271. The van der Waals surface area contributed by atoms with Crippen LogP contribution < -0.4 is 4.74 Å². The molecule has 1 fully saturated rings. The summed E-state index contributed by atoms with van der Waals surface area (Å²) in [5.41, 5.74) is 4.54. The van der Waals surface area contributed by atoms with Gasteiger partial charge in [0.15, 0.2) is 0 Å². The first kappa shape index (κ1) is 23.8. The first-order valence-electron chi connectivity index (χ1n) is 12.3. The molecule has 2 heterocycles. The minimum Gasteiger partial charge on any atom is -0.497 e. The van der Waals surface area contributed by atoms with Crippen molar-refractivity contribution in [3.63, 3.8) is 0 Å². The molecule has 1 aromatic heterocycles. The van der Waals surface area contributed by atoms with Gasteiger partial charge in [0, 0.05) is 42.7 Å². The highest BCUT2D eigenvalue weighted by atomic mass is 16.6. The first-order valence-corrected chi connectivity index (χ1v) is 12.3. The summed E-state index contributed by atoms with van der Waals surface area (Å²) in [6.45, 7) is 4.65. The van der Waals surface area contributed by atoms with E-state index in [0.717, 1.165) is 39.0 Å². The molecule has 1 amide bonds. The SMILES string of the molecule is CCOC(=O)N1CCN(C(c2cccc(OC)c2)c2c(-c3ccccc3)n(O)c3ccccc23)CC1. The van der Waals surface area contributed by atoms with E-state index >= 15 is 0 Å². The lowest BCUT2D eigenvalue weighted by atomic mass is 9.91. The van der Waals surface area contributed by atoms with Crippen LogP contribution in [0.1, 0.15) is 24.1 Å². The Morgan fingerprint density at radius 1 is 0.944 bits per heavy atom. The van der Waals surface area contributed by atoms with Crippen molar-refractivity contribution in [2.45, 2.75) is 13.0 Å². The Balaban J connectivity index is 1.67. The van der Waals surface area contributed by atoms with E-state index in [-0.39, 0.29) is 12.1 Å². The van der Waals surface area contributed by atoms with E-state index in [0.29, 0.717) is 32.8 Å². The quantitative estimate of drug-likeness (QED) is 0.370. The molecule has 0 spiro atoms. The number of carbonyl (C=O) groups is 1. The molecule has 0 bridgehead atoms. The molecule has 7 nitrogen and oxygen atoms in total. The Labute approximate surface area is 211 Å². The number of nitrogens with zero attached hydrogens (tertiary/aromatic N) is 3. The zero-order valence-corrected chi connectivity index (χ0v) is 20.6. The number of para-hydroxylation sites is 1. The Morgan fingerprint density at radius 3 is 2.39 bits per heavy atom. The molecule has 5 rings (SSSR count). The van der Waals surface area contributed by atoms with Gasteiger partial charge in [-0.1, -0.05) is 60.7 Å². The lowest BCUT2D eigenvalue weighted by Crippen LogP contribution is -2.50. The van der Waals surface area contributed by atoms with Crippen molar-refractivity contribution in [3.8, 4) is 17.0 Å². The molecule has 0 saturated carbocycles. The second kappa shape index (κ2) is 10.3. The number of carbonyl (C=O) groups excluding carboxylic acids is 1. The minimum absolute atomic E-state index is 0.169. The molecule has 1 aliphatic heterocycles. The van der Waals surface area contributed by atoms with Crippen LogP contribution in [0.5, 0.6) is 5.75 Å². The summed E-state index contributed by atoms with van der Waals surface area (Å²) in [6, 6.07) is 25.8. The molecule has 0 aliphatic carbocycles. The van der Waals surface area contributed by atoms with Crippen LogP contribution in [0.3, 0.4) is 0 Å². The predicted molar refractivity (Wildman–Crippen MR) is 140 cm³/mol. The number of aromatic nitrogens is 1. The van der Waals surface area contributed by atoms with Crippen molar-refractivity contribution >= 4 is 17.0 Å². The average Bonchev–Trinajstić information content (AvgIpc) is 3.22. The Kier molecular flexibility index (Phi) is 6.82. The molecule has 1 atom stereocenters. The highest BCUT2D eigenvalue weighted by molar-refractivity contribution is 5.92. The van der Waals surface area contributed by atoms with Crippen LogP contribution in [0, 0.1) is 0 Å². The maximum Gasteiger partial charge on any atom is 0.409 e. The lowest BCUT2D eigenvalue weighted by Gasteiger charge is -2.39. The molecule has 4 aromatic rings. The fraction of sp³-hybridized carbons (Fsp3) is 0.276. The number of fused-ring (bicyclic) bond motifs is 1. The van der Waals surface area contributed by atoms with Crippen LogP contribution in [0.4, 0.5) is 4.79 Å². The molecule has 36 heavy (non-hydrogen) atoms. The Hall–Kier alpha value is -3.97. The van der Waals surface area contributed by atoms with Crippen molar-refractivity contribution < 1.29 is 19.5 Å². The van der Waals surface area contributed by atoms with Crippen LogP contribution in [0.25, 0.3) is 22.2 Å². The third-order valence-electron chi connectivity index (χ3n) is 6.82. The minimum atomic E-state index is -0.271. The number of hydrogen-bond donors (Lipinski definition) is 1. The van der Waals surface area contributed by atoms with E-state index in [1.54, 1.807) is 12.0 Å². The number of benzene rings is 3. The van der Waals surface area contributed by atoms with E-state index in [4.69, 9.17) is 9.47 Å². The fourth-order valence-corrected chi connectivity index (χ4v) is 5.15. The zero-order chi connectivity index (χ0) is 25.1. The lowest BCUT2D eigenvalue weighted by molar-refractivity contribution is 0.0716. The predicted octanol–water partition coefficient (Wildman–Crippen LogP) is 5.42. The molecule has 1 aliphatic rings. The highest BCUT2D eigenvalue weighted by Gasteiger charge is 2.33. The van der Waals surface area contributed by atoms with Gasteiger partial charge in [-0.25, -0.2) is 4.79 Å². The second-order valence-corrected chi connectivity index (χ2v) is 8.86. The van der Waals surface area contributed by atoms with Gasteiger partial charge in [0.1, 0.15) is 5.75 Å². The highest BCUT2D eigenvalue weighted by Crippen LogP contribution is 2.43. The summed E-state index contributed by atoms with van der Waals surface area (Å²) in [7, 11) is 1.67. The van der Waals surface area contributed by atoms with E-state index in [1.165, 1.54) is 4.73 Å². The van der Waals surface area contributed by atoms with Crippen LogP contribution >= 0.6 is 0 Å². The molecule has 7 heteroatoms. The van der Waals surface area contributed by atoms with E-state index < -0.39 is 0 Å². The van der Waals surface area contributed by atoms with Gasteiger partial charge in [0.05, 0.1) is 31.0 Å². The molecular weight excluding hydrogens is 454 g/mol. The van der Waals surface area contributed by atoms with Crippen LogP contribution in [0.15, 0.2) is 78.9 Å². The molecule has 3 aromatic carbocycles. The van der Waals surface area contributed by atoms with Crippen molar-refractivity contribution in [3.05, 3.63) is 90.0 Å². The summed E-state index contributed by atoms with van der Waals surface area (Å²) < 4.78 is 12.1. The molecule has 0 radical (unpaired) electrons. The normalized spacial score (nSPS) is 15.1. The molecular formula is C29H31N3O4. The van der Waals surface area contributed by atoms with Crippen molar-refractivity contribution in [1.82, 2.24) is 14.5 Å². The summed E-state index contributed by atoms with van der Waals surface area (Å²) in [5.74, 6) is 0.775. The standard InChI is InChI=1S/C29H31N3O4/c1-3-36-29(33)31-18-16-30(17-19-31)27(22-12-9-13-23(20-22)35-2)26-24-14-7-8-15-25(24)32(34)28(26)21-10-5-4-6-11-21/h4-15,20,27,34H,3,16-19H2,1-2H3. The van der Waals surface area contributed by atoms with Crippen molar-refractivity contribution in [2.75, 3.05) is 39.9 Å². The third-order valence-corrected chi connectivity index (χ3v) is 6.82. The first-order chi connectivity index (χ1) is 17.6. The molecule has 186 valence electrons. The Bertz CT molecular complexity index is 1340. The molecule has 1 saturated heterocycles. The number of rotatable bonds is 6. The van der Waals surface area contributed by atoms with Crippen LogP contribution in [0.2, 0.25) is 0 Å². The maximum atomic E-state index is 12.3. The van der Waals surface area contributed by atoms with Gasteiger partial charge in [-0.05, 0) is 30.7 Å².